The lowest BCUT2D eigenvalue weighted by molar-refractivity contribution is 0.0937. The molecular formula is C17H20ClNO2S. The van der Waals surface area contributed by atoms with Crippen molar-refractivity contribution in [3.05, 3.63) is 28.1 Å². The fraction of sp³-hybridized carbons (Fsp3) is 0.471. The molecule has 3 nitrogen and oxygen atoms in total. The van der Waals surface area contributed by atoms with Crippen molar-refractivity contribution in [2.75, 3.05) is 7.11 Å². The van der Waals surface area contributed by atoms with Gasteiger partial charge in [0.15, 0.2) is 0 Å². The molecule has 0 unspecified atom stereocenters. The van der Waals surface area contributed by atoms with Crippen LogP contribution in [-0.2, 0) is 0 Å². The highest BCUT2D eigenvalue weighted by Gasteiger charge is 2.21. The minimum Gasteiger partial charge on any atom is -0.497 e. The number of halogens is 1. The Kier molecular flexibility index (Phi) is 4.89. The second kappa shape index (κ2) is 6.88. The van der Waals surface area contributed by atoms with Gasteiger partial charge in [-0.25, -0.2) is 0 Å². The number of carbonyl (C=O) groups excluding carboxylic acids is 1. The number of benzene rings is 1. The van der Waals surface area contributed by atoms with Gasteiger partial charge in [0, 0.05) is 16.1 Å². The van der Waals surface area contributed by atoms with Crippen LogP contribution >= 0.6 is 22.9 Å². The summed E-state index contributed by atoms with van der Waals surface area (Å²) in [6.45, 7) is 0. The normalized spacial score (nSPS) is 16.5. The number of hydrogen-bond acceptors (Lipinski definition) is 3. The molecule has 2 aromatic rings. The number of amides is 1. The highest BCUT2D eigenvalue weighted by atomic mass is 35.5. The topological polar surface area (TPSA) is 38.3 Å². The molecule has 1 aliphatic carbocycles. The van der Waals surface area contributed by atoms with Crippen molar-refractivity contribution in [2.24, 2.45) is 0 Å². The maximum atomic E-state index is 12.6. The lowest BCUT2D eigenvalue weighted by Gasteiger charge is -2.15. The van der Waals surface area contributed by atoms with Crippen molar-refractivity contribution < 1.29 is 9.53 Å². The Balaban J connectivity index is 1.82. The van der Waals surface area contributed by atoms with Crippen LogP contribution in [-0.4, -0.2) is 19.1 Å². The number of nitrogens with one attached hydrogen (secondary N) is 1. The molecule has 0 atom stereocenters. The van der Waals surface area contributed by atoms with Gasteiger partial charge in [0.25, 0.3) is 5.91 Å². The third-order valence-corrected chi connectivity index (χ3v) is 5.89. The van der Waals surface area contributed by atoms with E-state index in [1.165, 1.54) is 37.0 Å². The van der Waals surface area contributed by atoms with E-state index in [1.807, 2.05) is 18.2 Å². The van der Waals surface area contributed by atoms with Gasteiger partial charge in [-0.3, -0.25) is 4.79 Å². The molecule has 5 heteroatoms. The van der Waals surface area contributed by atoms with E-state index in [4.69, 9.17) is 16.3 Å². The van der Waals surface area contributed by atoms with Gasteiger partial charge < -0.3 is 10.1 Å². The first-order valence-electron chi connectivity index (χ1n) is 7.76. The summed E-state index contributed by atoms with van der Waals surface area (Å²) in [6.07, 6.45) is 7.08. The quantitative estimate of drug-likeness (QED) is 0.799. The van der Waals surface area contributed by atoms with Gasteiger partial charge in [0.1, 0.15) is 10.6 Å². The zero-order valence-corrected chi connectivity index (χ0v) is 14.2. The third-order valence-electron chi connectivity index (χ3n) is 4.23. The van der Waals surface area contributed by atoms with Gasteiger partial charge in [-0.2, -0.15) is 0 Å². The molecule has 1 N–H and O–H groups in total. The molecule has 118 valence electrons. The van der Waals surface area contributed by atoms with Crippen LogP contribution in [0.1, 0.15) is 48.2 Å². The summed E-state index contributed by atoms with van der Waals surface area (Å²) in [6, 6.07) is 5.99. The van der Waals surface area contributed by atoms with Crippen LogP contribution < -0.4 is 10.1 Å². The molecule has 1 heterocycles. The Morgan fingerprint density at radius 3 is 2.68 bits per heavy atom. The monoisotopic (exact) mass is 337 g/mol. The number of rotatable bonds is 3. The van der Waals surface area contributed by atoms with E-state index in [2.05, 4.69) is 5.32 Å². The molecule has 1 saturated carbocycles. The summed E-state index contributed by atoms with van der Waals surface area (Å²) >= 11 is 7.84. The maximum absolute atomic E-state index is 12.6. The fourth-order valence-electron chi connectivity index (χ4n) is 2.99. The minimum absolute atomic E-state index is 0.0444. The van der Waals surface area contributed by atoms with Crippen molar-refractivity contribution in [1.82, 2.24) is 5.32 Å². The van der Waals surface area contributed by atoms with Crippen LogP contribution in [0.25, 0.3) is 10.1 Å². The molecule has 22 heavy (non-hydrogen) atoms. The van der Waals surface area contributed by atoms with Crippen molar-refractivity contribution in [1.29, 1.82) is 0 Å². The first-order valence-corrected chi connectivity index (χ1v) is 8.95. The summed E-state index contributed by atoms with van der Waals surface area (Å²) in [5.74, 6) is 0.734. The van der Waals surface area contributed by atoms with E-state index in [0.29, 0.717) is 9.90 Å². The van der Waals surface area contributed by atoms with Crippen molar-refractivity contribution in [2.45, 2.75) is 44.6 Å². The van der Waals surface area contributed by atoms with Crippen LogP contribution in [0.4, 0.5) is 0 Å². The van der Waals surface area contributed by atoms with Crippen molar-refractivity contribution in [3.8, 4) is 5.75 Å². The Bertz CT molecular complexity index is 675. The van der Waals surface area contributed by atoms with E-state index in [9.17, 15) is 4.79 Å². The van der Waals surface area contributed by atoms with Crippen LogP contribution in [0, 0.1) is 0 Å². The molecule has 0 saturated heterocycles. The molecule has 1 aliphatic rings. The first-order chi connectivity index (χ1) is 10.7. The maximum Gasteiger partial charge on any atom is 0.263 e. The molecule has 1 aromatic heterocycles. The molecule has 0 aliphatic heterocycles. The average Bonchev–Trinajstić information content (AvgIpc) is 2.70. The summed E-state index contributed by atoms with van der Waals surface area (Å²) < 4.78 is 6.21. The number of carbonyl (C=O) groups is 1. The van der Waals surface area contributed by atoms with Gasteiger partial charge in [-0.15, -0.1) is 11.3 Å². The Labute approximate surface area is 139 Å². The molecule has 0 radical (unpaired) electrons. The van der Waals surface area contributed by atoms with E-state index in [1.54, 1.807) is 7.11 Å². The Morgan fingerprint density at radius 2 is 2.00 bits per heavy atom. The second-order valence-corrected chi connectivity index (χ2v) is 7.20. The summed E-state index contributed by atoms with van der Waals surface area (Å²) in [5.41, 5.74) is 0. The number of fused-ring (bicyclic) bond motifs is 1. The lowest BCUT2D eigenvalue weighted by Crippen LogP contribution is -2.34. The molecule has 1 fully saturated rings. The summed E-state index contributed by atoms with van der Waals surface area (Å²) in [4.78, 5) is 13.2. The molecule has 0 spiro atoms. The van der Waals surface area contributed by atoms with Crippen LogP contribution in [0.3, 0.4) is 0 Å². The van der Waals surface area contributed by atoms with Gasteiger partial charge in [0.05, 0.1) is 12.1 Å². The Hall–Kier alpha value is -1.26. The highest BCUT2D eigenvalue weighted by molar-refractivity contribution is 7.21. The van der Waals surface area contributed by atoms with Crippen molar-refractivity contribution in [3.63, 3.8) is 0 Å². The molecule has 1 aromatic carbocycles. The smallest absolute Gasteiger partial charge is 0.263 e. The number of thiophene rings is 1. The van der Waals surface area contributed by atoms with Crippen LogP contribution in [0.5, 0.6) is 5.75 Å². The van der Waals surface area contributed by atoms with Crippen LogP contribution in [0.2, 0.25) is 5.02 Å². The first kappa shape index (κ1) is 15.6. The highest BCUT2D eigenvalue weighted by Crippen LogP contribution is 2.37. The lowest BCUT2D eigenvalue weighted by atomic mass is 10.1. The SMILES string of the molecule is COc1ccc2c(Cl)c(C(=O)NC3CCCCCC3)sc2c1. The zero-order valence-electron chi connectivity index (χ0n) is 12.7. The molecule has 1 amide bonds. The van der Waals surface area contributed by atoms with Crippen molar-refractivity contribution >= 4 is 38.9 Å². The number of hydrogen-bond donors (Lipinski definition) is 1. The van der Waals surface area contributed by atoms with E-state index < -0.39 is 0 Å². The molecule has 3 rings (SSSR count). The summed E-state index contributed by atoms with van der Waals surface area (Å²) in [5, 5.41) is 4.63. The van der Waals surface area contributed by atoms with E-state index in [0.717, 1.165) is 28.7 Å². The van der Waals surface area contributed by atoms with E-state index >= 15 is 0 Å². The Morgan fingerprint density at radius 1 is 1.27 bits per heavy atom. The van der Waals surface area contributed by atoms with Gasteiger partial charge in [-0.1, -0.05) is 37.3 Å². The average molecular weight is 338 g/mol. The largest absolute Gasteiger partial charge is 0.497 e. The third kappa shape index (κ3) is 3.23. The standard InChI is InChI=1S/C17H20ClNO2S/c1-21-12-8-9-13-14(10-12)22-16(15(13)18)17(20)19-11-6-4-2-3-5-7-11/h8-11H,2-7H2,1H3,(H,19,20). The molecular weight excluding hydrogens is 318 g/mol. The predicted octanol–water partition coefficient (Wildman–Crippen LogP) is 5.02. The number of methoxy groups -OCH3 is 1. The summed E-state index contributed by atoms with van der Waals surface area (Å²) in [7, 11) is 1.63. The molecule has 0 bridgehead atoms. The van der Waals surface area contributed by atoms with E-state index in [-0.39, 0.29) is 11.9 Å². The number of ether oxygens (including phenoxy) is 1. The zero-order chi connectivity index (χ0) is 15.5. The van der Waals surface area contributed by atoms with Gasteiger partial charge in [-0.05, 0) is 31.0 Å². The van der Waals surface area contributed by atoms with Gasteiger partial charge >= 0.3 is 0 Å². The minimum atomic E-state index is -0.0444. The fourth-order valence-corrected chi connectivity index (χ4v) is 4.44. The second-order valence-electron chi connectivity index (χ2n) is 5.77. The van der Waals surface area contributed by atoms with Gasteiger partial charge in [0.2, 0.25) is 0 Å². The van der Waals surface area contributed by atoms with Crippen LogP contribution in [0.15, 0.2) is 18.2 Å². The predicted molar refractivity (Wildman–Crippen MR) is 92.3 cm³/mol.